The second-order valence-corrected chi connectivity index (χ2v) is 7.83. The van der Waals surface area contributed by atoms with E-state index in [1.54, 1.807) is 19.7 Å². The minimum absolute atomic E-state index is 0.206. The molecule has 0 bridgehead atoms. The number of aliphatic imine (C=N–C) groups is 1. The number of guanidine groups is 1. The van der Waals surface area contributed by atoms with Crippen molar-refractivity contribution in [2.45, 2.75) is 46.0 Å². The molecule has 1 atom stereocenters. The van der Waals surface area contributed by atoms with Gasteiger partial charge in [0.1, 0.15) is 30.3 Å². The fourth-order valence-corrected chi connectivity index (χ4v) is 3.83. The summed E-state index contributed by atoms with van der Waals surface area (Å²) in [7, 11) is 1.77. The number of hydrogen-bond acceptors (Lipinski definition) is 5. The molecule has 168 valence electrons. The first-order valence-corrected chi connectivity index (χ1v) is 10.9. The van der Waals surface area contributed by atoms with Crippen LogP contribution in [0.3, 0.4) is 0 Å². The average Bonchev–Trinajstić information content (AvgIpc) is 3.42. The monoisotopic (exact) mass is 434 g/mol. The van der Waals surface area contributed by atoms with Gasteiger partial charge in [-0.15, -0.1) is 0 Å². The molecule has 1 unspecified atom stereocenters. The number of fused-ring (bicyclic) bond motifs is 1. The molecule has 0 aliphatic carbocycles. The molecule has 1 aliphatic rings. The lowest BCUT2D eigenvalue weighted by Crippen LogP contribution is -2.36. The highest BCUT2D eigenvalue weighted by molar-refractivity contribution is 5.79. The van der Waals surface area contributed by atoms with Crippen LogP contribution < -0.4 is 20.1 Å². The molecule has 0 saturated carbocycles. The normalized spacial score (nSPS) is 15.2. The van der Waals surface area contributed by atoms with Crippen LogP contribution in [0.2, 0.25) is 0 Å². The number of benzene rings is 2. The fourth-order valence-electron chi connectivity index (χ4n) is 3.83. The van der Waals surface area contributed by atoms with Crippen LogP contribution in [0.25, 0.3) is 0 Å². The van der Waals surface area contributed by atoms with Gasteiger partial charge in [0.25, 0.3) is 0 Å². The van der Waals surface area contributed by atoms with E-state index in [1.165, 1.54) is 16.7 Å². The molecule has 3 aromatic rings. The predicted octanol–water partition coefficient (Wildman–Crippen LogP) is 2.91. The highest BCUT2D eigenvalue weighted by Crippen LogP contribution is 2.35. The Hall–Kier alpha value is -3.55. The summed E-state index contributed by atoms with van der Waals surface area (Å²) in [6.45, 7) is 6.66. The van der Waals surface area contributed by atoms with E-state index in [1.807, 2.05) is 11.6 Å². The molecule has 0 radical (unpaired) electrons. The number of rotatable bonds is 8. The molecule has 8 nitrogen and oxygen atoms in total. The Labute approximate surface area is 188 Å². The van der Waals surface area contributed by atoms with Gasteiger partial charge in [0.2, 0.25) is 0 Å². The zero-order valence-electron chi connectivity index (χ0n) is 18.8. The number of ether oxygens (including phenoxy) is 2. The van der Waals surface area contributed by atoms with Crippen molar-refractivity contribution in [3.8, 4) is 11.5 Å². The summed E-state index contributed by atoms with van der Waals surface area (Å²) in [6.07, 6.45) is 4.39. The van der Waals surface area contributed by atoms with Gasteiger partial charge in [0, 0.05) is 37.7 Å². The maximum absolute atomic E-state index is 5.93. The Balaban J connectivity index is 1.36. The summed E-state index contributed by atoms with van der Waals surface area (Å²) < 4.78 is 13.6. The molecule has 0 amide bonds. The number of nitrogens with one attached hydrogen (secondary N) is 2. The minimum atomic E-state index is 0.206. The van der Waals surface area contributed by atoms with E-state index in [4.69, 9.17) is 9.47 Å². The lowest BCUT2D eigenvalue weighted by Gasteiger charge is -2.16. The Morgan fingerprint density at radius 2 is 2.06 bits per heavy atom. The smallest absolute Gasteiger partial charge is 0.191 e. The molecule has 2 N–H and O–H groups in total. The zero-order chi connectivity index (χ0) is 22.3. The van der Waals surface area contributed by atoms with Gasteiger partial charge in [-0.2, -0.15) is 5.10 Å². The van der Waals surface area contributed by atoms with E-state index in [-0.39, 0.29) is 6.10 Å². The van der Waals surface area contributed by atoms with Crippen LogP contribution >= 0.6 is 0 Å². The third kappa shape index (κ3) is 5.38. The van der Waals surface area contributed by atoms with Gasteiger partial charge in [-0.25, -0.2) is 9.67 Å². The quantitative estimate of drug-likeness (QED) is 0.419. The molecular formula is C24H30N6O2. The van der Waals surface area contributed by atoms with E-state index in [0.29, 0.717) is 26.2 Å². The van der Waals surface area contributed by atoms with Crippen molar-refractivity contribution >= 4 is 5.96 Å². The van der Waals surface area contributed by atoms with Crippen molar-refractivity contribution in [2.24, 2.45) is 4.99 Å². The van der Waals surface area contributed by atoms with Gasteiger partial charge in [-0.1, -0.05) is 24.3 Å². The van der Waals surface area contributed by atoms with Crippen LogP contribution in [-0.4, -0.2) is 40.5 Å². The minimum Gasteiger partial charge on any atom is -0.494 e. The first-order chi connectivity index (χ1) is 15.6. The van der Waals surface area contributed by atoms with Gasteiger partial charge in [0.05, 0.1) is 13.2 Å². The van der Waals surface area contributed by atoms with Crippen molar-refractivity contribution < 1.29 is 9.47 Å². The predicted molar refractivity (Wildman–Crippen MR) is 124 cm³/mol. The summed E-state index contributed by atoms with van der Waals surface area (Å²) >= 11 is 0. The summed E-state index contributed by atoms with van der Waals surface area (Å²) in [5.41, 5.74) is 4.60. The van der Waals surface area contributed by atoms with Crippen molar-refractivity contribution in [3.05, 3.63) is 71.3 Å². The third-order valence-corrected chi connectivity index (χ3v) is 5.31. The Bertz CT molecular complexity index is 1060. The topological polar surface area (TPSA) is 85.6 Å². The van der Waals surface area contributed by atoms with Crippen LogP contribution in [-0.2, 0) is 26.1 Å². The average molecular weight is 435 g/mol. The van der Waals surface area contributed by atoms with Gasteiger partial charge in [-0.05, 0) is 37.1 Å². The molecule has 0 fully saturated rings. The van der Waals surface area contributed by atoms with E-state index >= 15 is 0 Å². The molecule has 32 heavy (non-hydrogen) atoms. The molecule has 2 aromatic carbocycles. The first kappa shape index (κ1) is 21.7. The molecular weight excluding hydrogens is 404 g/mol. The SMILES string of the molecule is CCOc1cc2c(cc1CNC(=NC)NCc1cccc(Cn3cncn3)c1)OC(C)C2. The molecule has 2 heterocycles. The molecule has 4 rings (SSSR count). The number of hydrogen-bond donors (Lipinski definition) is 2. The van der Waals surface area contributed by atoms with Crippen LogP contribution in [0, 0.1) is 0 Å². The van der Waals surface area contributed by atoms with E-state index < -0.39 is 0 Å². The van der Waals surface area contributed by atoms with E-state index in [2.05, 4.69) is 69.0 Å². The molecule has 0 saturated heterocycles. The van der Waals surface area contributed by atoms with Gasteiger partial charge >= 0.3 is 0 Å². The Kier molecular flexibility index (Phi) is 6.89. The lowest BCUT2D eigenvalue weighted by molar-refractivity contribution is 0.254. The Morgan fingerprint density at radius 3 is 2.84 bits per heavy atom. The number of aromatic nitrogens is 3. The van der Waals surface area contributed by atoms with Crippen LogP contribution in [0.1, 0.15) is 36.1 Å². The van der Waals surface area contributed by atoms with Gasteiger partial charge in [-0.3, -0.25) is 4.99 Å². The van der Waals surface area contributed by atoms with Crippen LogP contribution in [0.15, 0.2) is 54.0 Å². The standard InChI is InChI=1S/C24H30N6O2/c1-4-31-22-10-20-8-17(2)32-23(20)11-21(22)13-28-24(25-3)27-12-18-6-5-7-19(9-18)14-30-16-26-15-29-30/h5-7,9-11,15-17H,4,8,12-14H2,1-3H3,(H2,25,27,28). The Morgan fingerprint density at radius 1 is 1.22 bits per heavy atom. The maximum Gasteiger partial charge on any atom is 0.191 e. The molecule has 1 aromatic heterocycles. The number of nitrogens with zero attached hydrogens (tertiary/aromatic N) is 4. The van der Waals surface area contributed by atoms with Gasteiger partial charge < -0.3 is 20.1 Å². The van der Waals surface area contributed by atoms with Crippen molar-refractivity contribution in [3.63, 3.8) is 0 Å². The summed E-state index contributed by atoms with van der Waals surface area (Å²) in [5.74, 6) is 2.57. The van der Waals surface area contributed by atoms with Crippen LogP contribution in [0.5, 0.6) is 11.5 Å². The van der Waals surface area contributed by atoms with Crippen molar-refractivity contribution in [2.75, 3.05) is 13.7 Å². The van der Waals surface area contributed by atoms with E-state index in [0.717, 1.165) is 29.4 Å². The highest BCUT2D eigenvalue weighted by atomic mass is 16.5. The largest absolute Gasteiger partial charge is 0.494 e. The van der Waals surface area contributed by atoms with Crippen molar-refractivity contribution in [1.29, 1.82) is 0 Å². The highest BCUT2D eigenvalue weighted by Gasteiger charge is 2.21. The second kappa shape index (κ2) is 10.2. The summed E-state index contributed by atoms with van der Waals surface area (Å²) in [4.78, 5) is 8.36. The fraction of sp³-hybridized carbons (Fsp3) is 0.375. The summed E-state index contributed by atoms with van der Waals surface area (Å²) in [5, 5.41) is 10.9. The molecule has 0 spiro atoms. The molecule has 1 aliphatic heterocycles. The maximum atomic E-state index is 5.93. The summed E-state index contributed by atoms with van der Waals surface area (Å²) in [6, 6.07) is 12.6. The van der Waals surface area contributed by atoms with E-state index in [9.17, 15) is 0 Å². The van der Waals surface area contributed by atoms with Crippen LogP contribution in [0.4, 0.5) is 0 Å². The second-order valence-electron chi connectivity index (χ2n) is 7.83. The first-order valence-electron chi connectivity index (χ1n) is 10.9. The zero-order valence-corrected chi connectivity index (χ0v) is 18.8. The molecule has 8 heteroatoms. The third-order valence-electron chi connectivity index (χ3n) is 5.31. The van der Waals surface area contributed by atoms with Gasteiger partial charge in [0.15, 0.2) is 5.96 Å². The lowest BCUT2D eigenvalue weighted by atomic mass is 10.1. The van der Waals surface area contributed by atoms with Crippen molar-refractivity contribution in [1.82, 2.24) is 25.4 Å².